The number of nitrogens with one attached hydrogen (secondary N) is 1. The lowest BCUT2D eigenvalue weighted by Crippen LogP contribution is -2.40. The van der Waals surface area contributed by atoms with Crippen molar-refractivity contribution in [3.05, 3.63) is 22.4 Å². The normalized spacial score (nSPS) is 24.9. The van der Waals surface area contributed by atoms with Crippen LogP contribution in [0.4, 0.5) is 0 Å². The molecule has 1 aromatic heterocycles. The number of amides is 1. The molecule has 1 aliphatic carbocycles. The van der Waals surface area contributed by atoms with Gasteiger partial charge in [0, 0.05) is 12.5 Å². The quantitative estimate of drug-likeness (QED) is 0.769. The molecule has 0 saturated heterocycles. The summed E-state index contributed by atoms with van der Waals surface area (Å²) < 4.78 is 0. The molecule has 19 heavy (non-hydrogen) atoms. The molecule has 0 bridgehead atoms. The number of carbonyl (C=O) groups excluding carboxylic acids is 1. The second-order valence-electron chi connectivity index (χ2n) is 5.20. The van der Waals surface area contributed by atoms with Gasteiger partial charge in [-0.15, -0.1) is 0 Å². The largest absolute Gasteiger partial charge is 0.387 e. The Labute approximate surface area is 118 Å². The minimum absolute atomic E-state index is 0.0217. The maximum Gasteiger partial charge on any atom is 0.223 e. The van der Waals surface area contributed by atoms with Crippen molar-refractivity contribution in [2.75, 3.05) is 13.1 Å². The molecule has 1 saturated carbocycles. The van der Waals surface area contributed by atoms with Gasteiger partial charge >= 0.3 is 0 Å². The highest BCUT2D eigenvalue weighted by atomic mass is 32.1. The van der Waals surface area contributed by atoms with Crippen LogP contribution >= 0.6 is 11.3 Å². The monoisotopic (exact) mass is 282 g/mol. The van der Waals surface area contributed by atoms with Crippen LogP contribution in [-0.4, -0.2) is 24.1 Å². The van der Waals surface area contributed by atoms with E-state index in [2.05, 4.69) is 5.32 Å². The second-order valence-corrected chi connectivity index (χ2v) is 5.98. The Kier molecular flexibility index (Phi) is 5.36. The van der Waals surface area contributed by atoms with E-state index in [1.54, 1.807) is 11.3 Å². The van der Waals surface area contributed by atoms with Crippen molar-refractivity contribution in [3.8, 4) is 0 Å². The Bertz CT molecular complexity index is 394. The van der Waals surface area contributed by atoms with E-state index >= 15 is 0 Å². The first kappa shape index (κ1) is 14.5. The zero-order valence-corrected chi connectivity index (χ0v) is 11.9. The summed E-state index contributed by atoms with van der Waals surface area (Å²) in [6, 6.07) is 1.88. The van der Waals surface area contributed by atoms with Crippen LogP contribution in [-0.2, 0) is 4.79 Å². The molecule has 1 fully saturated rings. The molecule has 1 heterocycles. The van der Waals surface area contributed by atoms with Gasteiger partial charge in [0.25, 0.3) is 0 Å². The van der Waals surface area contributed by atoms with Crippen molar-refractivity contribution in [3.63, 3.8) is 0 Å². The minimum Gasteiger partial charge on any atom is -0.387 e. The third kappa shape index (κ3) is 3.78. The van der Waals surface area contributed by atoms with Gasteiger partial charge < -0.3 is 16.2 Å². The van der Waals surface area contributed by atoms with Crippen molar-refractivity contribution >= 4 is 17.2 Å². The first-order chi connectivity index (χ1) is 9.22. The second kappa shape index (κ2) is 7.03. The Hall–Kier alpha value is -0.910. The van der Waals surface area contributed by atoms with Crippen LogP contribution in [0, 0.1) is 11.8 Å². The fraction of sp³-hybridized carbons (Fsp3) is 0.643. The van der Waals surface area contributed by atoms with Crippen LogP contribution < -0.4 is 11.1 Å². The molecular weight excluding hydrogens is 260 g/mol. The van der Waals surface area contributed by atoms with E-state index in [0.29, 0.717) is 12.5 Å². The molecule has 0 aliphatic heterocycles. The number of aliphatic hydroxyl groups excluding tert-OH is 1. The van der Waals surface area contributed by atoms with E-state index in [1.165, 1.54) is 6.42 Å². The smallest absolute Gasteiger partial charge is 0.223 e. The molecule has 1 amide bonds. The summed E-state index contributed by atoms with van der Waals surface area (Å²) in [6.07, 6.45) is 3.62. The van der Waals surface area contributed by atoms with E-state index in [4.69, 9.17) is 5.73 Å². The predicted octanol–water partition coefficient (Wildman–Crippen LogP) is 1.66. The third-order valence-corrected chi connectivity index (χ3v) is 4.65. The van der Waals surface area contributed by atoms with Crippen molar-refractivity contribution in [1.29, 1.82) is 0 Å². The molecule has 3 unspecified atom stereocenters. The summed E-state index contributed by atoms with van der Waals surface area (Å²) in [4.78, 5) is 12.2. The van der Waals surface area contributed by atoms with Crippen molar-refractivity contribution in [2.24, 2.45) is 17.6 Å². The van der Waals surface area contributed by atoms with Gasteiger partial charge in [-0.3, -0.25) is 4.79 Å². The van der Waals surface area contributed by atoms with Crippen LogP contribution in [0.25, 0.3) is 0 Å². The van der Waals surface area contributed by atoms with E-state index < -0.39 is 6.10 Å². The fourth-order valence-electron chi connectivity index (χ4n) is 2.75. The SMILES string of the molecule is NCC1CCCCC1C(=O)NCC(O)c1ccsc1. The zero-order chi connectivity index (χ0) is 13.7. The number of aliphatic hydroxyl groups is 1. The Morgan fingerprint density at radius 1 is 1.53 bits per heavy atom. The lowest BCUT2D eigenvalue weighted by atomic mass is 9.79. The van der Waals surface area contributed by atoms with Crippen LogP contribution in [0.1, 0.15) is 37.4 Å². The third-order valence-electron chi connectivity index (χ3n) is 3.95. The maximum absolute atomic E-state index is 12.2. The Morgan fingerprint density at radius 2 is 2.32 bits per heavy atom. The van der Waals surface area contributed by atoms with Gasteiger partial charge in [0.2, 0.25) is 5.91 Å². The molecule has 0 aromatic carbocycles. The predicted molar refractivity (Wildman–Crippen MR) is 76.8 cm³/mol. The topological polar surface area (TPSA) is 75.4 Å². The summed E-state index contributed by atoms with van der Waals surface area (Å²) >= 11 is 1.55. The van der Waals surface area contributed by atoms with Gasteiger partial charge in [-0.25, -0.2) is 0 Å². The molecule has 4 N–H and O–H groups in total. The highest BCUT2D eigenvalue weighted by Crippen LogP contribution is 2.29. The fourth-order valence-corrected chi connectivity index (χ4v) is 3.45. The van der Waals surface area contributed by atoms with Gasteiger partial charge in [-0.2, -0.15) is 11.3 Å². The average molecular weight is 282 g/mol. The van der Waals surface area contributed by atoms with Gasteiger partial charge in [0.1, 0.15) is 0 Å². The summed E-state index contributed by atoms with van der Waals surface area (Å²) in [6.45, 7) is 0.856. The molecule has 0 spiro atoms. The summed E-state index contributed by atoms with van der Waals surface area (Å²) in [7, 11) is 0. The van der Waals surface area contributed by atoms with E-state index in [9.17, 15) is 9.90 Å². The standard InChI is InChI=1S/C14H22N2O2S/c15-7-10-3-1-2-4-12(10)14(18)16-8-13(17)11-5-6-19-9-11/h5-6,9-10,12-13,17H,1-4,7-8,15H2,(H,16,18). The first-order valence-electron chi connectivity index (χ1n) is 6.90. The summed E-state index contributed by atoms with van der Waals surface area (Å²) in [5, 5.41) is 16.6. The first-order valence-corrected chi connectivity index (χ1v) is 7.84. The molecule has 5 heteroatoms. The minimum atomic E-state index is -0.616. The van der Waals surface area contributed by atoms with Crippen molar-refractivity contribution in [2.45, 2.75) is 31.8 Å². The Balaban J connectivity index is 1.83. The van der Waals surface area contributed by atoms with Gasteiger partial charge in [0.15, 0.2) is 0 Å². The summed E-state index contributed by atoms with van der Waals surface area (Å²) in [5.41, 5.74) is 6.60. The van der Waals surface area contributed by atoms with Gasteiger partial charge in [0.05, 0.1) is 6.10 Å². The van der Waals surface area contributed by atoms with Crippen LogP contribution in [0.3, 0.4) is 0 Å². The van der Waals surface area contributed by atoms with Crippen molar-refractivity contribution < 1.29 is 9.90 Å². The van der Waals surface area contributed by atoms with Crippen LogP contribution in [0.2, 0.25) is 0 Å². The van der Waals surface area contributed by atoms with Gasteiger partial charge in [-0.05, 0) is 47.7 Å². The van der Waals surface area contributed by atoms with E-state index in [-0.39, 0.29) is 18.4 Å². The molecule has 1 aromatic rings. The zero-order valence-electron chi connectivity index (χ0n) is 11.0. The van der Waals surface area contributed by atoms with E-state index in [1.807, 2.05) is 16.8 Å². The number of rotatable bonds is 5. The molecule has 4 nitrogen and oxygen atoms in total. The van der Waals surface area contributed by atoms with Crippen LogP contribution in [0.15, 0.2) is 16.8 Å². The van der Waals surface area contributed by atoms with Crippen LogP contribution in [0.5, 0.6) is 0 Å². The Morgan fingerprint density at radius 3 is 3.00 bits per heavy atom. The number of carbonyl (C=O) groups is 1. The molecule has 2 rings (SSSR count). The summed E-state index contributed by atoms with van der Waals surface area (Å²) in [5.74, 6) is 0.366. The number of thiophene rings is 1. The highest BCUT2D eigenvalue weighted by molar-refractivity contribution is 7.07. The van der Waals surface area contributed by atoms with E-state index in [0.717, 1.165) is 24.8 Å². The highest BCUT2D eigenvalue weighted by Gasteiger charge is 2.29. The lowest BCUT2D eigenvalue weighted by molar-refractivity contribution is -0.128. The molecule has 0 radical (unpaired) electrons. The molecule has 106 valence electrons. The van der Waals surface area contributed by atoms with Gasteiger partial charge in [-0.1, -0.05) is 12.8 Å². The lowest BCUT2D eigenvalue weighted by Gasteiger charge is -2.29. The average Bonchev–Trinajstić information content (AvgIpc) is 2.98. The number of nitrogens with two attached hydrogens (primary N) is 1. The number of hydrogen-bond acceptors (Lipinski definition) is 4. The molecule has 1 aliphatic rings. The van der Waals surface area contributed by atoms with Crippen molar-refractivity contribution in [1.82, 2.24) is 5.32 Å². The molecular formula is C14H22N2O2S. The number of hydrogen-bond donors (Lipinski definition) is 3. The maximum atomic E-state index is 12.2. The molecule has 3 atom stereocenters.